The first-order valence-electron chi connectivity index (χ1n) is 21.6. The van der Waals surface area contributed by atoms with Gasteiger partial charge in [0.15, 0.2) is 11.5 Å². The van der Waals surface area contributed by atoms with E-state index in [1.807, 2.05) is 44.7 Å². The van der Waals surface area contributed by atoms with Crippen molar-refractivity contribution in [3.8, 4) is 22.6 Å². The Morgan fingerprint density at radius 1 is 0.800 bits per heavy atom. The largest absolute Gasteiger partial charge is 0.493 e. The normalized spacial score (nSPS) is 14.6. The Bertz CT molecular complexity index is 2660. The molecule has 340 valence electrons. The molecule has 3 aromatic carbocycles. The molecule has 2 aliphatic rings. The van der Waals surface area contributed by atoms with E-state index in [4.69, 9.17) is 19.2 Å². The van der Waals surface area contributed by atoms with Gasteiger partial charge < -0.3 is 49.5 Å². The molecule has 1 unspecified atom stereocenters. The van der Waals surface area contributed by atoms with Gasteiger partial charge in [-0.3, -0.25) is 24.2 Å². The highest BCUT2D eigenvalue weighted by Crippen LogP contribution is 2.40. The maximum Gasteiger partial charge on any atom is 0.272 e. The zero-order chi connectivity index (χ0) is 46.6. The molecule has 0 aliphatic carbocycles. The molecule has 4 heterocycles. The number of hydrogen-bond donors (Lipinski definition) is 4. The summed E-state index contributed by atoms with van der Waals surface area (Å²) in [6.45, 7) is 9.11. The number of carbonyl (C=O) groups is 4. The van der Waals surface area contributed by atoms with Crippen LogP contribution in [0.3, 0.4) is 0 Å². The Balaban J connectivity index is 0.906. The summed E-state index contributed by atoms with van der Waals surface area (Å²) in [5.41, 5.74) is 7.15. The Hall–Kier alpha value is -6.97. The van der Waals surface area contributed by atoms with Crippen molar-refractivity contribution in [2.75, 3.05) is 45.1 Å². The number of hydrogen-bond acceptors (Lipinski definition) is 9. The van der Waals surface area contributed by atoms with Gasteiger partial charge in [0.1, 0.15) is 11.4 Å². The fraction of sp³-hybridized carbons (Fsp3) is 0.340. The molecular weight excluding hydrogens is 825 g/mol. The maximum absolute atomic E-state index is 14.0. The Labute approximate surface area is 379 Å². The molecule has 1 atom stereocenters. The summed E-state index contributed by atoms with van der Waals surface area (Å²) in [4.78, 5) is 58.7. The Kier molecular flexibility index (Phi) is 13.5. The van der Waals surface area contributed by atoms with Gasteiger partial charge in [0.25, 0.3) is 17.7 Å². The molecule has 4 amide bonds. The minimum Gasteiger partial charge on any atom is -0.493 e. The molecule has 0 saturated heterocycles. The molecule has 0 radical (unpaired) electrons. The lowest BCUT2D eigenvalue weighted by Gasteiger charge is -2.32. The second-order valence-corrected chi connectivity index (χ2v) is 17.5. The molecule has 5 aromatic rings. The summed E-state index contributed by atoms with van der Waals surface area (Å²) in [6.07, 6.45) is 8.44. The molecule has 0 fully saturated rings. The highest BCUT2D eigenvalue weighted by atomic mass is 16.5. The fourth-order valence-electron chi connectivity index (χ4n) is 7.69. The van der Waals surface area contributed by atoms with E-state index >= 15 is 0 Å². The molecule has 2 aromatic heterocycles. The van der Waals surface area contributed by atoms with Crippen molar-refractivity contribution < 1.29 is 33.4 Å². The van der Waals surface area contributed by atoms with Gasteiger partial charge in [0.05, 0.1) is 48.9 Å². The summed E-state index contributed by atoms with van der Waals surface area (Å²) < 4.78 is 21.4. The van der Waals surface area contributed by atoms with E-state index in [9.17, 15) is 19.2 Å². The van der Waals surface area contributed by atoms with Crippen LogP contribution in [0.4, 0.5) is 17.1 Å². The number of ether oxygens (including phenoxy) is 3. The Morgan fingerprint density at radius 2 is 1.49 bits per heavy atom. The summed E-state index contributed by atoms with van der Waals surface area (Å²) in [6, 6.07) is 22.2. The van der Waals surface area contributed by atoms with Crippen LogP contribution in [0.25, 0.3) is 16.7 Å². The zero-order valence-corrected chi connectivity index (χ0v) is 38.5. The first-order valence-corrected chi connectivity index (χ1v) is 21.6. The third kappa shape index (κ3) is 10.4. The predicted octanol–water partition coefficient (Wildman–Crippen LogP) is 7.67. The average molecular weight is 883 g/mol. The summed E-state index contributed by atoms with van der Waals surface area (Å²) >= 11 is 0. The minimum atomic E-state index is -0.477. The van der Waals surface area contributed by atoms with E-state index in [0.717, 1.165) is 27.8 Å². The van der Waals surface area contributed by atoms with Gasteiger partial charge in [-0.15, -0.1) is 0 Å². The van der Waals surface area contributed by atoms with Crippen molar-refractivity contribution in [1.29, 1.82) is 0 Å². The first kappa shape index (κ1) is 46.0. The van der Waals surface area contributed by atoms with Gasteiger partial charge >= 0.3 is 0 Å². The second-order valence-electron chi connectivity index (χ2n) is 17.5. The minimum absolute atomic E-state index is 0.146. The molecule has 15 nitrogen and oxygen atoms in total. The molecule has 0 bridgehead atoms. The number of aryl methyl sites for hydroxylation is 2. The molecular formula is C50H58N8O7. The van der Waals surface area contributed by atoms with E-state index in [-0.39, 0.29) is 48.2 Å². The number of nitrogens with zero attached hydrogens (tertiary/aromatic N) is 4. The van der Waals surface area contributed by atoms with Crippen LogP contribution in [-0.4, -0.2) is 89.9 Å². The summed E-state index contributed by atoms with van der Waals surface area (Å²) in [5, 5.41) is 11.7. The monoisotopic (exact) mass is 882 g/mol. The Morgan fingerprint density at radius 3 is 2.18 bits per heavy atom. The highest BCUT2D eigenvalue weighted by Gasteiger charge is 2.34. The number of nitrogens with one attached hydrogen (secondary N) is 4. The van der Waals surface area contributed by atoms with Crippen LogP contribution in [-0.2, 0) is 29.2 Å². The number of likely N-dealkylation sites (N-methyl/N-ethyl adjacent to an activating group) is 1. The van der Waals surface area contributed by atoms with Crippen molar-refractivity contribution in [2.45, 2.75) is 64.1 Å². The van der Waals surface area contributed by atoms with Crippen LogP contribution in [0, 0.1) is 0 Å². The number of benzene rings is 3. The van der Waals surface area contributed by atoms with Crippen molar-refractivity contribution >= 4 is 52.5 Å². The van der Waals surface area contributed by atoms with Crippen LogP contribution in [0.5, 0.6) is 11.5 Å². The number of fused-ring (bicyclic) bond motifs is 2. The van der Waals surface area contributed by atoms with Gasteiger partial charge in [-0.2, -0.15) is 0 Å². The summed E-state index contributed by atoms with van der Waals surface area (Å²) in [5.74, 6) is -0.132. The van der Waals surface area contributed by atoms with E-state index in [1.54, 1.807) is 70.9 Å². The van der Waals surface area contributed by atoms with E-state index < -0.39 is 5.60 Å². The van der Waals surface area contributed by atoms with Crippen LogP contribution >= 0.6 is 0 Å². The lowest BCUT2D eigenvalue weighted by atomic mass is 9.94. The number of carbonyl (C=O) groups excluding carboxylic acids is 4. The molecule has 4 N–H and O–H groups in total. The van der Waals surface area contributed by atoms with Gasteiger partial charge in [-0.05, 0) is 93.8 Å². The number of rotatable bonds is 17. The number of methoxy groups -OCH3 is 1. The fourth-order valence-corrected chi connectivity index (χ4v) is 7.69. The van der Waals surface area contributed by atoms with Gasteiger partial charge in [-0.1, -0.05) is 36.4 Å². The standard InChI is InChI=1S/C50H58N8O7/c1-49(2,52-6)30-65-50(3,4)35-16-12-31(13-17-35)33-21-38-26-53-40-25-44(43(63-9)24-39(40)48(62)58(38)28-33)64-20-10-11-45(59)54-37-23-42(57(8)29-37)47(61)55-36-18-14-32(15-19-36)34-22-41(46(60)51-5)56(7)27-34/h12-19,22-29,38,52H,10-11,20-21,30H2,1-9H3,(H,51,60)(H,54,59)(H,55,61). The van der Waals surface area contributed by atoms with E-state index in [2.05, 4.69) is 73.2 Å². The molecule has 65 heavy (non-hydrogen) atoms. The van der Waals surface area contributed by atoms with Crippen LogP contribution < -0.4 is 30.7 Å². The van der Waals surface area contributed by atoms with Crippen molar-refractivity contribution in [3.63, 3.8) is 0 Å². The van der Waals surface area contributed by atoms with Crippen molar-refractivity contribution in [2.24, 2.45) is 19.1 Å². The quantitative estimate of drug-likeness (QED) is 0.0690. The van der Waals surface area contributed by atoms with Crippen molar-refractivity contribution in [3.05, 3.63) is 119 Å². The van der Waals surface area contributed by atoms with Gasteiger partial charge in [0.2, 0.25) is 5.91 Å². The molecule has 15 heteroatoms. The predicted molar refractivity (Wildman–Crippen MR) is 253 cm³/mol. The van der Waals surface area contributed by atoms with E-state index in [1.165, 1.54) is 7.11 Å². The average Bonchev–Trinajstić information content (AvgIpc) is 4.00. The van der Waals surface area contributed by atoms with Crippen LogP contribution in [0.15, 0.2) is 96.4 Å². The molecule has 0 spiro atoms. The SMILES string of the molecule is CNC(=O)c1cc(-c2ccc(NC(=O)c3cc(NC(=O)CCCOc4cc5c(cc4OC)C(=O)N4C=C(c6ccc(C(C)(C)OCC(C)(C)NC)cc6)CC4C=N5)cn3C)cc2)cn1C. The number of aromatic nitrogens is 2. The highest BCUT2D eigenvalue weighted by molar-refractivity contribution is 6.06. The lowest BCUT2D eigenvalue weighted by Crippen LogP contribution is -2.43. The van der Waals surface area contributed by atoms with Gasteiger partial charge in [-0.25, -0.2) is 0 Å². The van der Waals surface area contributed by atoms with Gasteiger partial charge in [0, 0.05) is 81.6 Å². The third-order valence-corrected chi connectivity index (χ3v) is 11.9. The molecule has 0 saturated carbocycles. The smallest absolute Gasteiger partial charge is 0.272 e. The van der Waals surface area contributed by atoms with Crippen LogP contribution in [0.2, 0.25) is 0 Å². The zero-order valence-electron chi connectivity index (χ0n) is 38.5. The topological polar surface area (TPSA) is 170 Å². The maximum atomic E-state index is 14.0. The third-order valence-electron chi connectivity index (χ3n) is 11.9. The molecule has 7 rings (SSSR count). The lowest BCUT2D eigenvalue weighted by molar-refractivity contribution is -0.116. The van der Waals surface area contributed by atoms with Crippen molar-refractivity contribution in [1.82, 2.24) is 24.7 Å². The number of aliphatic imine (C=N–C) groups is 1. The van der Waals surface area contributed by atoms with Crippen LogP contribution in [0.1, 0.15) is 89.4 Å². The second kappa shape index (κ2) is 19.0. The molecule has 2 aliphatic heterocycles. The summed E-state index contributed by atoms with van der Waals surface area (Å²) in [7, 11) is 8.58. The number of amides is 4. The first-order chi connectivity index (χ1) is 31.0. The van der Waals surface area contributed by atoms with E-state index in [0.29, 0.717) is 65.0 Å². The number of anilines is 2.